The number of sulfone groups is 1. The Morgan fingerprint density at radius 2 is 2.04 bits per heavy atom. The largest absolute Gasteiger partial charge is 0.467 e. The number of hydrogen-bond acceptors (Lipinski definition) is 4. The highest BCUT2D eigenvalue weighted by molar-refractivity contribution is 7.91. The van der Waals surface area contributed by atoms with Crippen LogP contribution in [0, 0.1) is 0 Å². The number of nitrogens with zero attached hydrogens (tertiary/aromatic N) is 1. The van der Waals surface area contributed by atoms with E-state index in [1.807, 2.05) is 0 Å². The van der Waals surface area contributed by atoms with Gasteiger partial charge in [-0.25, -0.2) is 13.2 Å². The molecule has 1 aliphatic rings. The zero-order valence-electron chi connectivity index (χ0n) is 12.8. The minimum Gasteiger partial charge on any atom is -0.467 e. The van der Waals surface area contributed by atoms with Crippen LogP contribution in [-0.2, 0) is 16.4 Å². The van der Waals surface area contributed by atoms with Crippen LogP contribution in [-0.4, -0.2) is 36.9 Å². The van der Waals surface area contributed by atoms with Gasteiger partial charge in [0, 0.05) is 16.8 Å². The van der Waals surface area contributed by atoms with Crippen molar-refractivity contribution in [1.29, 1.82) is 0 Å². The number of amides is 2. The van der Waals surface area contributed by atoms with E-state index in [4.69, 9.17) is 16.0 Å². The first kappa shape index (κ1) is 16.9. The molecule has 128 valence electrons. The Kier molecular flexibility index (Phi) is 4.82. The number of furan rings is 1. The van der Waals surface area contributed by atoms with E-state index >= 15 is 0 Å². The molecule has 2 aromatic rings. The Hall–Kier alpha value is -1.99. The lowest BCUT2D eigenvalue weighted by atomic mass is 10.2. The number of carbonyl (C=O) groups excluding carboxylic acids is 1. The lowest BCUT2D eigenvalue weighted by Gasteiger charge is -2.27. The fourth-order valence-corrected chi connectivity index (χ4v) is 4.54. The molecule has 1 aromatic heterocycles. The second-order valence-corrected chi connectivity index (χ2v) is 8.37. The fourth-order valence-electron chi connectivity index (χ4n) is 2.69. The average molecular weight is 369 g/mol. The van der Waals surface area contributed by atoms with Gasteiger partial charge >= 0.3 is 6.03 Å². The van der Waals surface area contributed by atoms with E-state index in [9.17, 15) is 13.2 Å². The summed E-state index contributed by atoms with van der Waals surface area (Å²) in [7, 11) is -3.10. The van der Waals surface area contributed by atoms with Gasteiger partial charge in [-0.05, 0) is 42.8 Å². The first-order valence-corrected chi connectivity index (χ1v) is 9.69. The standard InChI is InChI=1S/C16H17ClN2O4S/c17-12-3-5-13(6-4-12)18-16(20)19(10-15-2-1-8-23-15)14-7-9-24(21,22)11-14/h1-6,8,14H,7,9-11H2,(H,18,20). The minimum atomic E-state index is -3.10. The van der Waals surface area contributed by atoms with Crippen LogP contribution in [0.4, 0.5) is 10.5 Å². The first-order chi connectivity index (χ1) is 11.4. The molecule has 1 aliphatic heterocycles. The van der Waals surface area contributed by atoms with E-state index in [-0.39, 0.29) is 30.1 Å². The average Bonchev–Trinajstić information content (AvgIpc) is 3.16. The van der Waals surface area contributed by atoms with Gasteiger partial charge in [0.05, 0.1) is 24.3 Å². The van der Waals surface area contributed by atoms with E-state index in [0.29, 0.717) is 22.9 Å². The van der Waals surface area contributed by atoms with Crippen molar-refractivity contribution in [2.45, 2.75) is 19.0 Å². The van der Waals surface area contributed by atoms with Crippen LogP contribution in [0.5, 0.6) is 0 Å². The second kappa shape index (κ2) is 6.86. The fraction of sp³-hybridized carbons (Fsp3) is 0.312. The number of rotatable bonds is 4. The summed E-state index contributed by atoms with van der Waals surface area (Å²) >= 11 is 5.84. The zero-order chi connectivity index (χ0) is 17.2. The third kappa shape index (κ3) is 4.10. The Morgan fingerprint density at radius 3 is 2.62 bits per heavy atom. The topological polar surface area (TPSA) is 79.6 Å². The lowest BCUT2D eigenvalue weighted by Crippen LogP contribution is -2.43. The number of nitrogens with one attached hydrogen (secondary N) is 1. The SMILES string of the molecule is O=C(Nc1ccc(Cl)cc1)N(Cc1ccco1)C1CCS(=O)(=O)C1. The number of carbonyl (C=O) groups is 1. The molecule has 1 N–H and O–H groups in total. The van der Waals surface area contributed by atoms with E-state index < -0.39 is 9.84 Å². The second-order valence-electron chi connectivity index (χ2n) is 5.70. The summed E-state index contributed by atoms with van der Waals surface area (Å²) in [6.45, 7) is 0.215. The molecular weight excluding hydrogens is 352 g/mol. The molecule has 1 aromatic carbocycles. The summed E-state index contributed by atoms with van der Waals surface area (Å²) in [4.78, 5) is 14.2. The molecule has 1 saturated heterocycles. The lowest BCUT2D eigenvalue weighted by molar-refractivity contribution is 0.184. The maximum Gasteiger partial charge on any atom is 0.322 e. The minimum absolute atomic E-state index is 0.0260. The molecule has 2 amide bonds. The van der Waals surface area contributed by atoms with Gasteiger partial charge in [0.2, 0.25) is 0 Å². The molecule has 1 atom stereocenters. The van der Waals surface area contributed by atoms with Crippen molar-refractivity contribution < 1.29 is 17.6 Å². The van der Waals surface area contributed by atoms with Crippen molar-refractivity contribution in [3.63, 3.8) is 0 Å². The van der Waals surface area contributed by atoms with Crippen LogP contribution < -0.4 is 5.32 Å². The zero-order valence-corrected chi connectivity index (χ0v) is 14.4. The molecule has 0 bridgehead atoms. The maximum atomic E-state index is 12.7. The van der Waals surface area contributed by atoms with Crippen molar-refractivity contribution >= 4 is 33.2 Å². The van der Waals surface area contributed by atoms with Gasteiger partial charge in [-0.2, -0.15) is 0 Å². The van der Waals surface area contributed by atoms with Gasteiger partial charge < -0.3 is 14.6 Å². The first-order valence-electron chi connectivity index (χ1n) is 7.49. The number of benzene rings is 1. The van der Waals surface area contributed by atoms with Crippen molar-refractivity contribution in [3.05, 3.63) is 53.4 Å². The molecule has 24 heavy (non-hydrogen) atoms. The molecule has 6 nitrogen and oxygen atoms in total. The number of hydrogen-bond donors (Lipinski definition) is 1. The highest BCUT2D eigenvalue weighted by Gasteiger charge is 2.35. The smallest absolute Gasteiger partial charge is 0.322 e. The Bertz CT molecular complexity index is 803. The van der Waals surface area contributed by atoms with Crippen LogP contribution >= 0.6 is 11.6 Å². The Labute approximate surface area is 145 Å². The number of halogens is 1. The third-order valence-corrected chi connectivity index (χ3v) is 5.91. The Morgan fingerprint density at radius 1 is 1.29 bits per heavy atom. The summed E-state index contributed by atoms with van der Waals surface area (Å²) in [6, 6.07) is 9.49. The van der Waals surface area contributed by atoms with Crippen LogP contribution in [0.15, 0.2) is 47.1 Å². The van der Waals surface area contributed by atoms with Crippen molar-refractivity contribution in [2.24, 2.45) is 0 Å². The van der Waals surface area contributed by atoms with Crippen molar-refractivity contribution in [3.8, 4) is 0 Å². The summed E-state index contributed by atoms with van der Waals surface area (Å²) in [5, 5.41) is 3.35. The van der Waals surface area contributed by atoms with Gasteiger partial charge in [-0.1, -0.05) is 11.6 Å². The molecule has 2 heterocycles. The molecule has 1 fully saturated rings. The summed E-state index contributed by atoms with van der Waals surface area (Å²) in [5.41, 5.74) is 0.592. The molecule has 0 aliphatic carbocycles. The molecule has 1 unspecified atom stereocenters. The predicted molar refractivity (Wildman–Crippen MR) is 91.8 cm³/mol. The molecule has 3 rings (SSSR count). The van der Waals surface area contributed by atoms with E-state index in [1.54, 1.807) is 36.4 Å². The molecule has 0 saturated carbocycles. The molecule has 8 heteroatoms. The molecule has 0 radical (unpaired) electrons. The number of urea groups is 1. The van der Waals surface area contributed by atoms with Crippen LogP contribution in [0.2, 0.25) is 5.02 Å². The van der Waals surface area contributed by atoms with Crippen LogP contribution in [0.25, 0.3) is 0 Å². The van der Waals surface area contributed by atoms with E-state index in [1.165, 1.54) is 11.2 Å². The summed E-state index contributed by atoms with van der Waals surface area (Å²) in [6.07, 6.45) is 1.95. The third-order valence-electron chi connectivity index (χ3n) is 3.91. The van der Waals surface area contributed by atoms with Crippen molar-refractivity contribution in [2.75, 3.05) is 16.8 Å². The van der Waals surface area contributed by atoms with Crippen molar-refractivity contribution in [1.82, 2.24) is 4.90 Å². The van der Waals surface area contributed by atoms with Gasteiger partial charge in [-0.3, -0.25) is 0 Å². The van der Waals surface area contributed by atoms with E-state index in [0.717, 1.165) is 0 Å². The predicted octanol–water partition coefficient (Wildman–Crippen LogP) is 3.15. The number of anilines is 1. The van der Waals surface area contributed by atoms with Gasteiger partial charge in [0.1, 0.15) is 5.76 Å². The Balaban J connectivity index is 1.78. The quantitative estimate of drug-likeness (QED) is 0.898. The van der Waals surface area contributed by atoms with Gasteiger partial charge in [0.25, 0.3) is 0 Å². The van der Waals surface area contributed by atoms with Gasteiger partial charge in [0.15, 0.2) is 9.84 Å². The monoisotopic (exact) mass is 368 g/mol. The molecular formula is C16H17ClN2O4S. The van der Waals surface area contributed by atoms with Crippen LogP contribution in [0.3, 0.4) is 0 Å². The summed E-state index contributed by atoms with van der Waals surface area (Å²) < 4.78 is 28.8. The summed E-state index contributed by atoms with van der Waals surface area (Å²) in [5.74, 6) is 0.674. The normalized spacial score (nSPS) is 19.1. The highest BCUT2D eigenvalue weighted by Crippen LogP contribution is 2.22. The van der Waals surface area contributed by atoms with Gasteiger partial charge in [-0.15, -0.1) is 0 Å². The van der Waals surface area contributed by atoms with Crippen LogP contribution in [0.1, 0.15) is 12.2 Å². The molecule has 0 spiro atoms. The highest BCUT2D eigenvalue weighted by atomic mass is 35.5. The maximum absolute atomic E-state index is 12.7. The van der Waals surface area contributed by atoms with E-state index in [2.05, 4.69) is 5.32 Å².